The average Bonchev–Trinajstić information content (AvgIpc) is 2.06. The summed E-state index contributed by atoms with van der Waals surface area (Å²) in [5.74, 6) is 0. The lowest BCUT2D eigenvalue weighted by molar-refractivity contribution is -0.140. The van der Waals surface area contributed by atoms with Crippen molar-refractivity contribution in [1.29, 1.82) is 0 Å². The summed E-state index contributed by atoms with van der Waals surface area (Å²) in [6.45, 7) is 0. The maximum absolute atomic E-state index is 12.3. The number of pyridine rings is 1. The fourth-order valence-electron chi connectivity index (χ4n) is 0.873. The third-order valence-corrected chi connectivity index (χ3v) is 3.22. The van der Waals surface area contributed by atoms with Crippen molar-refractivity contribution in [3.8, 4) is 0 Å². The molecule has 84 valence electrons. The van der Waals surface area contributed by atoms with Crippen LogP contribution in [0, 0.1) is 0 Å². The van der Waals surface area contributed by atoms with Crippen LogP contribution in [0.4, 0.5) is 22.0 Å². The molecule has 8 heteroatoms. The molecule has 1 heterocycles. The van der Waals surface area contributed by atoms with Crippen LogP contribution in [0.1, 0.15) is 17.7 Å². The zero-order valence-electron chi connectivity index (χ0n) is 6.75. The van der Waals surface area contributed by atoms with Gasteiger partial charge in [-0.1, -0.05) is 0 Å². The second kappa shape index (κ2) is 4.32. The predicted octanol–water partition coefficient (Wildman–Crippen LogP) is 4.56. The Morgan fingerprint density at radius 1 is 1.20 bits per heavy atom. The lowest BCUT2D eigenvalue weighted by Gasteiger charge is -2.12. The number of rotatable bonds is 1. The molecule has 0 aliphatic rings. The molecule has 0 unspecified atom stereocenters. The van der Waals surface area contributed by atoms with E-state index in [1.54, 1.807) is 0 Å². The first-order chi connectivity index (χ1) is 6.73. The van der Waals surface area contributed by atoms with Gasteiger partial charge in [-0.3, -0.25) is 0 Å². The van der Waals surface area contributed by atoms with Crippen LogP contribution in [0.5, 0.6) is 0 Å². The van der Waals surface area contributed by atoms with Crippen molar-refractivity contribution in [2.24, 2.45) is 0 Å². The Morgan fingerprint density at radius 3 is 2.13 bits per heavy atom. The van der Waals surface area contributed by atoms with E-state index >= 15 is 0 Å². The van der Waals surface area contributed by atoms with Crippen LogP contribution in [-0.2, 0) is 6.18 Å². The number of nitrogens with zero attached hydrogens (tertiary/aromatic N) is 1. The average molecular weight is 355 g/mol. The van der Waals surface area contributed by atoms with Crippen LogP contribution in [0.25, 0.3) is 0 Å². The van der Waals surface area contributed by atoms with Crippen molar-refractivity contribution in [1.82, 2.24) is 4.98 Å². The van der Waals surface area contributed by atoms with Gasteiger partial charge in [0.15, 0.2) is 0 Å². The molecule has 0 aromatic carbocycles. The predicted molar refractivity (Wildman–Crippen MR) is 49.6 cm³/mol. The number of hydrogen-bond donors (Lipinski definition) is 0. The molecule has 0 fully saturated rings. The summed E-state index contributed by atoms with van der Waals surface area (Å²) in [4.78, 5) is 3.14. The van der Waals surface area contributed by atoms with Crippen LogP contribution >= 0.6 is 31.9 Å². The SMILES string of the molecule is FC(F)c1nc(Br)c(Br)cc1C(F)(F)F. The van der Waals surface area contributed by atoms with Gasteiger partial charge in [-0.05, 0) is 37.9 Å². The number of halogens is 7. The van der Waals surface area contributed by atoms with E-state index in [4.69, 9.17) is 0 Å². The standard InChI is InChI=1S/C7H2Br2F5N/c8-3-1-2(7(12,13)14)4(6(10)11)15-5(3)9/h1,6H. The van der Waals surface area contributed by atoms with Crippen LogP contribution in [0.15, 0.2) is 15.1 Å². The van der Waals surface area contributed by atoms with E-state index < -0.39 is 23.9 Å². The van der Waals surface area contributed by atoms with Crippen molar-refractivity contribution in [2.45, 2.75) is 12.6 Å². The number of hydrogen-bond acceptors (Lipinski definition) is 1. The summed E-state index contributed by atoms with van der Waals surface area (Å²) in [5.41, 5.74) is -2.72. The first kappa shape index (κ1) is 12.8. The van der Waals surface area contributed by atoms with Gasteiger partial charge < -0.3 is 0 Å². The summed E-state index contributed by atoms with van der Waals surface area (Å²) in [6, 6.07) is 0.568. The minimum absolute atomic E-state index is 0.0285. The summed E-state index contributed by atoms with van der Waals surface area (Å²) in [5, 5.41) is 0. The third kappa shape index (κ3) is 2.87. The lowest BCUT2D eigenvalue weighted by Crippen LogP contribution is -2.11. The van der Waals surface area contributed by atoms with E-state index in [-0.39, 0.29) is 9.08 Å². The van der Waals surface area contributed by atoms with Gasteiger partial charge in [0.1, 0.15) is 10.3 Å². The molecule has 1 rings (SSSR count). The minimum Gasteiger partial charge on any atom is -0.238 e. The zero-order valence-corrected chi connectivity index (χ0v) is 9.92. The molecule has 0 radical (unpaired) electrons. The van der Waals surface area contributed by atoms with Gasteiger partial charge in [-0.15, -0.1) is 0 Å². The summed E-state index contributed by atoms with van der Waals surface area (Å²) >= 11 is 5.52. The van der Waals surface area contributed by atoms with Gasteiger partial charge >= 0.3 is 6.18 Å². The Morgan fingerprint density at radius 2 is 1.73 bits per heavy atom. The van der Waals surface area contributed by atoms with Crippen molar-refractivity contribution < 1.29 is 22.0 Å². The van der Waals surface area contributed by atoms with Crippen LogP contribution in [-0.4, -0.2) is 4.98 Å². The monoisotopic (exact) mass is 353 g/mol. The fraction of sp³-hybridized carbons (Fsp3) is 0.286. The maximum atomic E-state index is 12.3. The van der Waals surface area contributed by atoms with E-state index in [0.29, 0.717) is 6.07 Å². The Labute approximate surface area is 97.9 Å². The van der Waals surface area contributed by atoms with Gasteiger partial charge in [0, 0.05) is 0 Å². The van der Waals surface area contributed by atoms with Crippen LogP contribution in [0.3, 0.4) is 0 Å². The third-order valence-electron chi connectivity index (χ3n) is 1.47. The molecule has 0 atom stereocenters. The minimum atomic E-state index is -4.85. The van der Waals surface area contributed by atoms with Gasteiger partial charge in [-0.25, -0.2) is 13.8 Å². The Kier molecular flexibility index (Phi) is 3.70. The smallest absolute Gasteiger partial charge is 0.238 e. The van der Waals surface area contributed by atoms with Gasteiger partial charge in [0.2, 0.25) is 0 Å². The van der Waals surface area contributed by atoms with E-state index in [1.165, 1.54) is 0 Å². The molecule has 0 saturated carbocycles. The van der Waals surface area contributed by atoms with Gasteiger partial charge in [-0.2, -0.15) is 13.2 Å². The Bertz CT molecular complexity index is 376. The fourth-order valence-corrected chi connectivity index (χ4v) is 1.50. The van der Waals surface area contributed by atoms with Crippen molar-refractivity contribution in [3.63, 3.8) is 0 Å². The molecule has 1 aromatic heterocycles. The molecule has 0 amide bonds. The second-order valence-electron chi connectivity index (χ2n) is 2.49. The van der Waals surface area contributed by atoms with E-state index in [9.17, 15) is 22.0 Å². The van der Waals surface area contributed by atoms with Gasteiger partial charge in [0.25, 0.3) is 6.43 Å². The van der Waals surface area contributed by atoms with Crippen molar-refractivity contribution in [3.05, 3.63) is 26.4 Å². The first-order valence-corrected chi connectivity index (χ1v) is 5.03. The molecule has 0 bridgehead atoms. The maximum Gasteiger partial charge on any atom is 0.418 e. The Balaban J connectivity index is 3.42. The molecular weight excluding hydrogens is 353 g/mol. The molecule has 0 N–H and O–H groups in total. The number of aromatic nitrogens is 1. The Hall–Kier alpha value is -0.240. The highest BCUT2D eigenvalue weighted by Crippen LogP contribution is 2.38. The van der Waals surface area contributed by atoms with E-state index in [1.807, 2.05) is 0 Å². The normalized spacial score (nSPS) is 12.3. The molecule has 1 aromatic rings. The number of alkyl halides is 5. The summed E-state index contributed by atoms with van der Waals surface area (Å²) in [6.07, 6.45) is -8.12. The van der Waals surface area contributed by atoms with Crippen molar-refractivity contribution >= 4 is 31.9 Å². The van der Waals surface area contributed by atoms with Crippen LogP contribution < -0.4 is 0 Å². The molecule has 1 nitrogen and oxygen atoms in total. The first-order valence-electron chi connectivity index (χ1n) is 3.44. The molecule has 15 heavy (non-hydrogen) atoms. The summed E-state index contributed by atoms with van der Waals surface area (Å²) < 4.78 is 61.4. The largest absolute Gasteiger partial charge is 0.418 e. The summed E-state index contributed by atoms with van der Waals surface area (Å²) in [7, 11) is 0. The molecule has 0 spiro atoms. The molecular formula is C7H2Br2F5N. The molecule has 0 saturated heterocycles. The topological polar surface area (TPSA) is 12.9 Å². The van der Waals surface area contributed by atoms with Gasteiger partial charge in [0.05, 0.1) is 10.0 Å². The highest BCUT2D eigenvalue weighted by Gasteiger charge is 2.37. The van der Waals surface area contributed by atoms with E-state index in [2.05, 4.69) is 36.8 Å². The second-order valence-corrected chi connectivity index (χ2v) is 4.10. The van der Waals surface area contributed by atoms with Crippen molar-refractivity contribution in [2.75, 3.05) is 0 Å². The zero-order chi connectivity index (χ0) is 11.8. The lowest BCUT2D eigenvalue weighted by atomic mass is 10.2. The quantitative estimate of drug-likeness (QED) is 0.532. The highest BCUT2D eigenvalue weighted by molar-refractivity contribution is 9.13. The highest BCUT2D eigenvalue weighted by atomic mass is 79.9. The molecule has 0 aliphatic heterocycles. The molecule has 0 aliphatic carbocycles. The van der Waals surface area contributed by atoms with Crippen LogP contribution in [0.2, 0.25) is 0 Å². The van der Waals surface area contributed by atoms with E-state index in [0.717, 1.165) is 0 Å².